The number of nitrogens with zero attached hydrogens (tertiary/aromatic N) is 2. The number of piperazine rings is 1. The van der Waals surface area contributed by atoms with Gasteiger partial charge in [-0.15, -0.1) is 0 Å². The van der Waals surface area contributed by atoms with Gasteiger partial charge in [0.1, 0.15) is 0 Å². The van der Waals surface area contributed by atoms with E-state index in [1.54, 1.807) is 0 Å². The molecule has 136 valence electrons. The lowest BCUT2D eigenvalue weighted by atomic mass is 10.1. The Morgan fingerprint density at radius 1 is 1.20 bits per heavy atom. The molecule has 5 heteroatoms. The monoisotopic (exact) mass is 343 g/mol. The molecule has 0 radical (unpaired) electrons. The maximum Gasteiger partial charge on any atom is 0.237 e. The fourth-order valence-electron chi connectivity index (χ4n) is 3.93. The van der Waals surface area contributed by atoms with Crippen molar-refractivity contribution in [2.75, 3.05) is 26.2 Å². The second-order valence-electron chi connectivity index (χ2n) is 7.25. The van der Waals surface area contributed by atoms with Crippen LogP contribution in [0.4, 0.5) is 0 Å². The predicted molar refractivity (Wildman–Crippen MR) is 98.0 cm³/mol. The molecule has 5 nitrogen and oxygen atoms in total. The van der Waals surface area contributed by atoms with Gasteiger partial charge in [-0.25, -0.2) is 0 Å². The van der Waals surface area contributed by atoms with Gasteiger partial charge in [0.25, 0.3) is 0 Å². The Morgan fingerprint density at radius 2 is 1.92 bits per heavy atom. The molecule has 2 aliphatic rings. The van der Waals surface area contributed by atoms with E-state index in [1.807, 2.05) is 37.3 Å². The molecule has 1 unspecified atom stereocenters. The summed E-state index contributed by atoms with van der Waals surface area (Å²) in [5.74, 6) is 0.276. The number of benzene rings is 1. The molecule has 1 N–H and O–H groups in total. The fraction of sp³-hybridized carbons (Fsp3) is 0.600. The highest BCUT2D eigenvalue weighted by Gasteiger charge is 2.31. The van der Waals surface area contributed by atoms with Gasteiger partial charge in [-0.05, 0) is 25.3 Å². The lowest BCUT2D eigenvalue weighted by Gasteiger charge is -2.37. The average Bonchev–Trinajstić information content (AvgIpc) is 3.15. The van der Waals surface area contributed by atoms with Crippen LogP contribution in [-0.2, 0) is 9.59 Å². The van der Waals surface area contributed by atoms with Gasteiger partial charge in [-0.1, -0.05) is 43.2 Å². The number of amides is 2. The standard InChI is InChI=1S/C20H29N3O2/c1-16(17-7-3-2-4-8-17)21-19(24)11-12-22-13-14-23(20(25)15-22)18-9-5-6-10-18/h2-4,7-8,16,18H,5-6,9-15H2,1H3,(H,21,24). The van der Waals surface area contributed by atoms with Crippen molar-refractivity contribution in [3.63, 3.8) is 0 Å². The number of carbonyl (C=O) groups excluding carboxylic acids is 2. The van der Waals surface area contributed by atoms with E-state index in [4.69, 9.17) is 0 Å². The van der Waals surface area contributed by atoms with Crippen molar-refractivity contribution >= 4 is 11.8 Å². The number of rotatable bonds is 6. The molecule has 3 rings (SSSR count). The average molecular weight is 343 g/mol. The summed E-state index contributed by atoms with van der Waals surface area (Å²) in [6.45, 7) is 4.79. The van der Waals surface area contributed by atoms with Crippen LogP contribution in [0, 0.1) is 0 Å². The van der Waals surface area contributed by atoms with Crippen LogP contribution in [0.5, 0.6) is 0 Å². The number of hydrogen-bond acceptors (Lipinski definition) is 3. The molecule has 25 heavy (non-hydrogen) atoms. The summed E-state index contributed by atoms with van der Waals surface area (Å²) in [7, 11) is 0. The molecule has 1 heterocycles. The van der Waals surface area contributed by atoms with E-state index < -0.39 is 0 Å². The molecule has 0 aromatic heterocycles. The molecule has 1 aliphatic heterocycles. The second kappa shape index (κ2) is 8.48. The van der Waals surface area contributed by atoms with E-state index in [-0.39, 0.29) is 17.9 Å². The SMILES string of the molecule is CC(NC(=O)CCN1CCN(C2CCCC2)C(=O)C1)c1ccccc1. The molecule has 0 bridgehead atoms. The van der Waals surface area contributed by atoms with Crippen LogP contribution >= 0.6 is 0 Å². The number of carbonyl (C=O) groups is 2. The zero-order valence-electron chi connectivity index (χ0n) is 15.1. The van der Waals surface area contributed by atoms with E-state index in [2.05, 4.69) is 15.1 Å². The smallest absolute Gasteiger partial charge is 0.237 e. The van der Waals surface area contributed by atoms with Crippen molar-refractivity contribution in [1.82, 2.24) is 15.1 Å². The fourth-order valence-corrected chi connectivity index (χ4v) is 3.93. The Bertz CT molecular complexity index is 584. The highest BCUT2D eigenvalue weighted by Crippen LogP contribution is 2.24. The normalized spacial score (nSPS) is 20.7. The molecule has 1 saturated heterocycles. The van der Waals surface area contributed by atoms with Gasteiger partial charge in [-0.2, -0.15) is 0 Å². The van der Waals surface area contributed by atoms with E-state index in [0.717, 1.165) is 31.5 Å². The lowest BCUT2D eigenvalue weighted by molar-refractivity contribution is -0.139. The summed E-state index contributed by atoms with van der Waals surface area (Å²) >= 11 is 0. The van der Waals surface area contributed by atoms with Crippen LogP contribution in [0.25, 0.3) is 0 Å². The Kier molecular flexibility index (Phi) is 6.08. The summed E-state index contributed by atoms with van der Waals surface area (Å²) in [4.78, 5) is 28.8. The van der Waals surface area contributed by atoms with Crippen LogP contribution in [0.2, 0.25) is 0 Å². The number of hydrogen-bond donors (Lipinski definition) is 1. The molecule has 2 fully saturated rings. The van der Waals surface area contributed by atoms with Crippen molar-refractivity contribution in [2.45, 2.75) is 51.1 Å². The predicted octanol–water partition coefficient (Wildman–Crippen LogP) is 2.34. The molecular weight excluding hydrogens is 314 g/mol. The third-order valence-corrected chi connectivity index (χ3v) is 5.43. The molecule has 1 aromatic rings. The van der Waals surface area contributed by atoms with Crippen molar-refractivity contribution in [3.8, 4) is 0 Å². The Morgan fingerprint density at radius 3 is 2.60 bits per heavy atom. The molecule has 1 saturated carbocycles. The summed E-state index contributed by atoms with van der Waals surface area (Å²) in [5, 5.41) is 3.04. The Hall–Kier alpha value is -1.88. The van der Waals surface area contributed by atoms with Gasteiger partial charge in [0, 0.05) is 32.1 Å². The highest BCUT2D eigenvalue weighted by molar-refractivity contribution is 5.80. The van der Waals surface area contributed by atoms with Crippen molar-refractivity contribution in [1.29, 1.82) is 0 Å². The first-order chi connectivity index (χ1) is 12.1. The molecule has 1 aromatic carbocycles. The first kappa shape index (κ1) is 17.9. The van der Waals surface area contributed by atoms with Crippen LogP contribution in [-0.4, -0.2) is 53.8 Å². The van der Waals surface area contributed by atoms with Crippen molar-refractivity contribution in [2.24, 2.45) is 0 Å². The molecule has 0 spiro atoms. The zero-order valence-corrected chi connectivity index (χ0v) is 15.1. The third kappa shape index (κ3) is 4.82. The molecular formula is C20H29N3O2. The van der Waals surface area contributed by atoms with Crippen LogP contribution in [0.1, 0.15) is 50.6 Å². The van der Waals surface area contributed by atoms with E-state index >= 15 is 0 Å². The number of nitrogens with one attached hydrogen (secondary N) is 1. The van der Waals surface area contributed by atoms with Crippen molar-refractivity contribution < 1.29 is 9.59 Å². The van der Waals surface area contributed by atoms with E-state index in [1.165, 1.54) is 12.8 Å². The maximum absolute atomic E-state index is 12.4. The van der Waals surface area contributed by atoms with Gasteiger partial charge in [0.05, 0.1) is 12.6 Å². The minimum atomic E-state index is 0.00884. The summed E-state index contributed by atoms with van der Waals surface area (Å²) < 4.78 is 0. The summed E-state index contributed by atoms with van der Waals surface area (Å²) in [5.41, 5.74) is 1.11. The molecule has 1 aliphatic carbocycles. The Labute approximate surface area is 150 Å². The van der Waals surface area contributed by atoms with Crippen molar-refractivity contribution in [3.05, 3.63) is 35.9 Å². The van der Waals surface area contributed by atoms with Gasteiger partial charge >= 0.3 is 0 Å². The van der Waals surface area contributed by atoms with E-state index in [0.29, 0.717) is 25.6 Å². The Balaban J connectivity index is 1.40. The first-order valence-corrected chi connectivity index (χ1v) is 9.49. The molecule has 1 atom stereocenters. The van der Waals surface area contributed by atoms with E-state index in [9.17, 15) is 9.59 Å². The van der Waals surface area contributed by atoms with Crippen LogP contribution in [0.3, 0.4) is 0 Å². The van der Waals surface area contributed by atoms with Gasteiger partial charge in [-0.3, -0.25) is 14.5 Å². The lowest BCUT2D eigenvalue weighted by Crippen LogP contribution is -2.53. The quantitative estimate of drug-likeness (QED) is 0.863. The van der Waals surface area contributed by atoms with Gasteiger partial charge in [0.2, 0.25) is 11.8 Å². The first-order valence-electron chi connectivity index (χ1n) is 9.49. The molecule has 2 amide bonds. The van der Waals surface area contributed by atoms with Gasteiger partial charge < -0.3 is 10.2 Å². The summed E-state index contributed by atoms with van der Waals surface area (Å²) in [6.07, 6.45) is 5.25. The largest absolute Gasteiger partial charge is 0.350 e. The second-order valence-corrected chi connectivity index (χ2v) is 7.25. The topological polar surface area (TPSA) is 52.7 Å². The zero-order chi connectivity index (χ0) is 17.6. The minimum absolute atomic E-state index is 0.00884. The summed E-state index contributed by atoms with van der Waals surface area (Å²) in [6, 6.07) is 10.4. The minimum Gasteiger partial charge on any atom is -0.350 e. The third-order valence-electron chi connectivity index (χ3n) is 5.43. The van der Waals surface area contributed by atoms with Crippen LogP contribution in [0.15, 0.2) is 30.3 Å². The van der Waals surface area contributed by atoms with Gasteiger partial charge in [0.15, 0.2) is 0 Å². The highest BCUT2D eigenvalue weighted by atomic mass is 16.2. The maximum atomic E-state index is 12.4. The van der Waals surface area contributed by atoms with Crippen LogP contribution < -0.4 is 5.32 Å².